The fourth-order valence-corrected chi connectivity index (χ4v) is 2.49. The predicted octanol–water partition coefficient (Wildman–Crippen LogP) is 2.30. The van der Waals surface area contributed by atoms with E-state index in [0.29, 0.717) is 0 Å². The monoisotopic (exact) mass is 267 g/mol. The number of amides is 1. The van der Waals surface area contributed by atoms with Gasteiger partial charge in [0.15, 0.2) is 0 Å². The number of carbonyl (C=O) groups excluding carboxylic acids is 1. The van der Waals surface area contributed by atoms with E-state index in [4.69, 9.17) is 0 Å². The minimum atomic E-state index is -0.188. The number of nitrogens with zero attached hydrogens (tertiary/aromatic N) is 1. The van der Waals surface area contributed by atoms with E-state index in [0.717, 1.165) is 17.7 Å². The zero-order chi connectivity index (χ0) is 13.9. The lowest BCUT2D eigenvalue weighted by molar-refractivity contribution is -0.122. The van der Waals surface area contributed by atoms with Crippen LogP contribution in [-0.2, 0) is 11.2 Å². The molecule has 0 spiro atoms. The summed E-state index contributed by atoms with van der Waals surface area (Å²) in [6.45, 7) is 1.97. The number of rotatable bonds is 3. The summed E-state index contributed by atoms with van der Waals surface area (Å²) in [6.07, 6.45) is 4.25. The molecule has 0 saturated heterocycles. The molecule has 1 aliphatic rings. The van der Waals surface area contributed by atoms with E-state index in [1.165, 1.54) is 5.56 Å². The number of carbonyl (C=O) groups is 1. The topological polar surface area (TPSA) is 54.0 Å². The average molecular weight is 267 g/mol. The first kappa shape index (κ1) is 12.7. The largest absolute Gasteiger partial charge is 0.373 e. The van der Waals surface area contributed by atoms with Crippen LogP contribution in [0.25, 0.3) is 0 Å². The molecule has 0 saturated carbocycles. The van der Waals surface area contributed by atoms with Crippen molar-refractivity contribution in [2.24, 2.45) is 0 Å². The molecule has 2 atom stereocenters. The fourth-order valence-electron chi connectivity index (χ4n) is 2.49. The summed E-state index contributed by atoms with van der Waals surface area (Å²) >= 11 is 0. The van der Waals surface area contributed by atoms with Crippen molar-refractivity contribution >= 4 is 11.6 Å². The smallest absolute Gasteiger partial charge is 0.243 e. The van der Waals surface area contributed by atoms with Crippen LogP contribution in [0.3, 0.4) is 0 Å². The molecule has 0 unspecified atom stereocenters. The highest BCUT2D eigenvalue weighted by Gasteiger charge is 2.27. The van der Waals surface area contributed by atoms with Crippen molar-refractivity contribution in [1.82, 2.24) is 10.3 Å². The molecule has 20 heavy (non-hydrogen) atoms. The highest BCUT2D eigenvalue weighted by Crippen LogP contribution is 2.25. The number of fused-ring (bicyclic) bond motifs is 1. The third-order valence-corrected chi connectivity index (χ3v) is 3.63. The van der Waals surface area contributed by atoms with E-state index in [2.05, 4.69) is 21.7 Å². The second-order valence-corrected chi connectivity index (χ2v) is 5.07. The Morgan fingerprint density at radius 2 is 2.20 bits per heavy atom. The van der Waals surface area contributed by atoms with Gasteiger partial charge in [0, 0.05) is 24.5 Å². The molecule has 2 N–H and O–H groups in total. The second kappa shape index (κ2) is 5.33. The van der Waals surface area contributed by atoms with Gasteiger partial charge in [0.2, 0.25) is 5.91 Å². The molecule has 1 aromatic heterocycles. The summed E-state index contributed by atoms with van der Waals surface area (Å²) < 4.78 is 0. The molecular weight excluding hydrogens is 250 g/mol. The van der Waals surface area contributed by atoms with Gasteiger partial charge in [-0.15, -0.1) is 0 Å². The van der Waals surface area contributed by atoms with Gasteiger partial charge in [0.05, 0.1) is 6.04 Å². The van der Waals surface area contributed by atoms with Gasteiger partial charge in [0.25, 0.3) is 0 Å². The maximum Gasteiger partial charge on any atom is 0.243 e. The number of aromatic nitrogens is 1. The summed E-state index contributed by atoms with van der Waals surface area (Å²) in [7, 11) is 0. The van der Waals surface area contributed by atoms with E-state index in [9.17, 15) is 4.79 Å². The normalized spacial score (nSPS) is 17.9. The Morgan fingerprint density at radius 1 is 1.35 bits per heavy atom. The first-order valence-electron chi connectivity index (χ1n) is 6.79. The van der Waals surface area contributed by atoms with Crippen molar-refractivity contribution in [2.45, 2.75) is 25.4 Å². The molecular formula is C16H17N3O. The van der Waals surface area contributed by atoms with Crippen molar-refractivity contribution in [3.63, 3.8) is 0 Å². The average Bonchev–Trinajstić information content (AvgIpc) is 2.92. The highest BCUT2D eigenvalue weighted by molar-refractivity contribution is 5.87. The molecule has 0 radical (unpaired) electrons. The third-order valence-electron chi connectivity index (χ3n) is 3.63. The molecule has 4 nitrogen and oxygen atoms in total. The Labute approximate surface area is 118 Å². The van der Waals surface area contributed by atoms with Crippen LogP contribution in [0.4, 0.5) is 5.69 Å². The van der Waals surface area contributed by atoms with Gasteiger partial charge in [-0.05, 0) is 30.2 Å². The number of benzene rings is 1. The molecule has 2 aromatic rings. The van der Waals surface area contributed by atoms with Gasteiger partial charge >= 0.3 is 0 Å². The van der Waals surface area contributed by atoms with Gasteiger partial charge in [-0.25, -0.2) is 0 Å². The van der Waals surface area contributed by atoms with E-state index < -0.39 is 0 Å². The number of hydrogen-bond donors (Lipinski definition) is 2. The molecule has 0 fully saturated rings. The number of nitrogens with one attached hydrogen (secondary N) is 2. The molecule has 0 aliphatic carbocycles. The highest BCUT2D eigenvalue weighted by atomic mass is 16.2. The van der Waals surface area contributed by atoms with Crippen LogP contribution < -0.4 is 10.6 Å². The maximum atomic E-state index is 12.3. The van der Waals surface area contributed by atoms with Crippen LogP contribution in [0.5, 0.6) is 0 Å². The molecule has 0 bridgehead atoms. The van der Waals surface area contributed by atoms with Gasteiger partial charge in [-0.1, -0.05) is 24.3 Å². The quantitative estimate of drug-likeness (QED) is 0.897. The van der Waals surface area contributed by atoms with Crippen LogP contribution in [-0.4, -0.2) is 16.9 Å². The van der Waals surface area contributed by atoms with E-state index in [1.807, 2.05) is 37.3 Å². The molecule has 102 valence electrons. The molecule has 2 heterocycles. The molecule has 4 heteroatoms. The summed E-state index contributed by atoms with van der Waals surface area (Å²) in [5.41, 5.74) is 3.26. The van der Waals surface area contributed by atoms with Gasteiger partial charge in [-0.2, -0.15) is 0 Å². The van der Waals surface area contributed by atoms with E-state index in [-0.39, 0.29) is 18.0 Å². The van der Waals surface area contributed by atoms with Gasteiger partial charge < -0.3 is 10.6 Å². The van der Waals surface area contributed by atoms with Crippen LogP contribution in [0.1, 0.15) is 24.1 Å². The number of pyridine rings is 1. The fraction of sp³-hybridized carbons (Fsp3) is 0.250. The second-order valence-electron chi connectivity index (χ2n) is 5.07. The summed E-state index contributed by atoms with van der Waals surface area (Å²) in [5.74, 6) is 0.0255. The zero-order valence-corrected chi connectivity index (χ0v) is 11.3. The lowest BCUT2D eigenvalue weighted by Crippen LogP contribution is -2.39. The summed E-state index contributed by atoms with van der Waals surface area (Å²) in [6, 6.07) is 11.7. The van der Waals surface area contributed by atoms with Crippen LogP contribution in [0.15, 0.2) is 48.8 Å². The number of anilines is 1. The third kappa shape index (κ3) is 2.50. The summed E-state index contributed by atoms with van der Waals surface area (Å²) in [5, 5.41) is 6.29. The Hall–Kier alpha value is -2.36. The zero-order valence-electron chi connectivity index (χ0n) is 11.3. The van der Waals surface area contributed by atoms with Gasteiger partial charge in [-0.3, -0.25) is 9.78 Å². The Balaban J connectivity index is 1.64. The van der Waals surface area contributed by atoms with Crippen LogP contribution >= 0.6 is 0 Å². The maximum absolute atomic E-state index is 12.3. The first-order chi connectivity index (χ1) is 9.74. The molecule has 1 amide bonds. The van der Waals surface area contributed by atoms with Crippen LogP contribution in [0.2, 0.25) is 0 Å². The minimum Gasteiger partial charge on any atom is -0.373 e. The predicted molar refractivity (Wildman–Crippen MR) is 78.4 cm³/mol. The Morgan fingerprint density at radius 3 is 2.95 bits per heavy atom. The van der Waals surface area contributed by atoms with Crippen LogP contribution in [0, 0.1) is 0 Å². The SMILES string of the molecule is C[C@@H](NC(=O)[C@@H]1Cc2ccccc2N1)c1cccnc1. The Bertz CT molecular complexity index is 587. The van der Waals surface area contributed by atoms with Crippen molar-refractivity contribution < 1.29 is 4.79 Å². The standard InChI is InChI=1S/C16H17N3O/c1-11(13-6-4-8-17-10-13)18-16(20)15-9-12-5-2-3-7-14(12)19-15/h2-8,10-11,15,19H,9H2,1H3,(H,18,20)/t11-,15+/m1/s1. The minimum absolute atomic E-state index is 0.0255. The molecule has 3 rings (SSSR count). The van der Waals surface area contributed by atoms with Crippen molar-refractivity contribution in [3.05, 3.63) is 59.9 Å². The summed E-state index contributed by atoms with van der Waals surface area (Å²) in [4.78, 5) is 16.4. The van der Waals surface area contributed by atoms with E-state index >= 15 is 0 Å². The number of hydrogen-bond acceptors (Lipinski definition) is 3. The Kier molecular flexibility index (Phi) is 3.37. The van der Waals surface area contributed by atoms with Crippen molar-refractivity contribution in [2.75, 3.05) is 5.32 Å². The van der Waals surface area contributed by atoms with Crippen molar-refractivity contribution in [3.8, 4) is 0 Å². The first-order valence-corrected chi connectivity index (χ1v) is 6.79. The lowest BCUT2D eigenvalue weighted by Gasteiger charge is -2.17. The number of para-hydroxylation sites is 1. The van der Waals surface area contributed by atoms with E-state index in [1.54, 1.807) is 12.4 Å². The molecule has 1 aliphatic heterocycles. The van der Waals surface area contributed by atoms with Crippen molar-refractivity contribution in [1.29, 1.82) is 0 Å². The molecule has 1 aromatic carbocycles. The van der Waals surface area contributed by atoms with Gasteiger partial charge in [0.1, 0.15) is 6.04 Å². The lowest BCUT2D eigenvalue weighted by atomic mass is 10.1.